The van der Waals surface area contributed by atoms with Crippen molar-refractivity contribution >= 4 is 17.9 Å². The van der Waals surface area contributed by atoms with Crippen LogP contribution < -0.4 is 10.3 Å². The van der Waals surface area contributed by atoms with E-state index in [4.69, 9.17) is 4.74 Å². The number of carbonyl (C=O) groups is 1. The van der Waals surface area contributed by atoms with Gasteiger partial charge in [-0.15, -0.1) is 0 Å². The second-order valence-corrected chi connectivity index (χ2v) is 8.34. The molecule has 1 aliphatic heterocycles. The van der Waals surface area contributed by atoms with Gasteiger partial charge in [0.2, 0.25) is 0 Å². The number of piperidine rings is 1. The molecule has 156 valence electrons. The Hall–Kier alpha value is -1.93. The quantitative estimate of drug-likeness (QED) is 0.506. The van der Waals surface area contributed by atoms with Crippen molar-refractivity contribution in [3.8, 4) is 11.1 Å². The zero-order chi connectivity index (χ0) is 20.6. The van der Waals surface area contributed by atoms with Crippen molar-refractivity contribution < 1.29 is 13.9 Å². The first-order chi connectivity index (χ1) is 14.1. The normalized spacial score (nSPS) is 15.4. The number of nitrogens with zero attached hydrogens (tertiary/aromatic N) is 1. The summed E-state index contributed by atoms with van der Waals surface area (Å²) < 4.78 is 19.7. The van der Waals surface area contributed by atoms with Crippen LogP contribution in [0.25, 0.3) is 11.1 Å². The number of hydrogen-bond acceptors (Lipinski definition) is 5. The second kappa shape index (κ2) is 10.7. The smallest absolute Gasteiger partial charge is 0.269 e. The van der Waals surface area contributed by atoms with Gasteiger partial charge in [-0.1, -0.05) is 42.3 Å². The molecule has 1 aliphatic rings. The number of rotatable bonds is 8. The number of ether oxygens (including phenoxy) is 1. The Labute approximate surface area is 176 Å². The van der Waals surface area contributed by atoms with Crippen LogP contribution in [0.2, 0.25) is 0 Å². The van der Waals surface area contributed by atoms with Crippen molar-refractivity contribution in [2.24, 2.45) is 0 Å². The fourth-order valence-electron chi connectivity index (χ4n) is 3.43. The number of nitrogens with one attached hydrogen (secondary N) is 2. The summed E-state index contributed by atoms with van der Waals surface area (Å²) in [5.74, 6) is -0.950. The van der Waals surface area contributed by atoms with Crippen LogP contribution in [-0.4, -0.2) is 49.4 Å². The molecule has 0 radical (unpaired) electrons. The largest absolute Gasteiger partial charge is 0.383 e. The predicted octanol–water partition coefficient (Wildman–Crippen LogP) is 3.79. The van der Waals surface area contributed by atoms with Gasteiger partial charge in [-0.25, -0.2) is 4.39 Å². The zero-order valence-electron chi connectivity index (χ0n) is 16.9. The van der Waals surface area contributed by atoms with E-state index in [9.17, 15) is 9.18 Å². The topological polar surface area (TPSA) is 53.6 Å². The third-order valence-corrected chi connectivity index (χ3v) is 6.17. The molecule has 5 nitrogen and oxygen atoms in total. The summed E-state index contributed by atoms with van der Waals surface area (Å²) in [5.41, 5.74) is 4.91. The lowest BCUT2D eigenvalue weighted by molar-refractivity contribution is 0.0942. The number of aryl methyl sites for hydroxylation is 1. The summed E-state index contributed by atoms with van der Waals surface area (Å²) in [6.45, 7) is 5.42. The van der Waals surface area contributed by atoms with Crippen LogP contribution in [0.4, 0.5) is 4.39 Å². The van der Waals surface area contributed by atoms with Crippen LogP contribution in [0, 0.1) is 12.7 Å². The van der Waals surface area contributed by atoms with E-state index >= 15 is 0 Å². The fourth-order valence-corrected chi connectivity index (χ4v) is 4.19. The molecule has 3 rings (SSSR count). The van der Waals surface area contributed by atoms with Crippen molar-refractivity contribution in [2.45, 2.75) is 25.0 Å². The number of hydrogen-bond donors (Lipinski definition) is 2. The van der Waals surface area contributed by atoms with Crippen molar-refractivity contribution in [3.63, 3.8) is 0 Å². The molecule has 1 saturated heterocycles. The average Bonchev–Trinajstić information content (AvgIpc) is 2.75. The van der Waals surface area contributed by atoms with E-state index in [0.29, 0.717) is 10.8 Å². The summed E-state index contributed by atoms with van der Waals surface area (Å²) in [6.07, 6.45) is 2.07. The van der Waals surface area contributed by atoms with E-state index in [0.717, 1.165) is 50.2 Å². The lowest BCUT2D eigenvalue weighted by Gasteiger charge is -2.31. The molecule has 0 aliphatic carbocycles. The molecule has 7 heteroatoms. The summed E-state index contributed by atoms with van der Waals surface area (Å²) in [7, 11) is 1.72. The van der Waals surface area contributed by atoms with Crippen LogP contribution in [0.3, 0.4) is 0 Å². The first-order valence-electron chi connectivity index (χ1n) is 9.86. The number of benzene rings is 2. The lowest BCUT2D eigenvalue weighted by Crippen LogP contribution is -2.40. The minimum Gasteiger partial charge on any atom is -0.383 e. The Morgan fingerprint density at radius 1 is 1.21 bits per heavy atom. The highest BCUT2D eigenvalue weighted by Gasteiger charge is 2.20. The molecule has 0 atom stereocenters. The van der Waals surface area contributed by atoms with Crippen molar-refractivity contribution in [1.29, 1.82) is 0 Å². The molecular formula is C22H28FN3O2S. The monoisotopic (exact) mass is 417 g/mol. The maximum atomic E-state index is 14.6. The average molecular weight is 418 g/mol. The van der Waals surface area contributed by atoms with Crippen molar-refractivity contribution in [2.75, 3.05) is 33.4 Å². The van der Waals surface area contributed by atoms with Gasteiger partial charge in [0.1, 0.15) is 5.82 Å². The molecule has 2 aromatic carbocycles. The van der Waals surface area contributed by atoms with Gasteiger partial charge in [-0.3, -0.25) is 10.2 Å². The molecule has 0 bridgehead atoms. The van der Waals surface area contributed by atoms with Crippen LogP contribution in [0.5, 0.6) is 0 Å². The molecule has 1 amide bonds. The minimum atomic E-state index is -0.486. The number of carbonyl (C=O) groups excluding carboxylic acids is 1. The number of halogens is 1. The molecule has 2 N–H and O–H groups in total. The highest BCUT2D eigenvalue weighted by molar-refractivity contribution is 7.98. The summed E-state index contributed by atoms with van der Waals surface area (Å²) in [6, 6.07) is 13.0. The van der Waals surface area contributed by atoms with Gasteiger partial charge in [-0.2, -0.15) is 4.83 Å². The summed E-state index contributed by atoms with van der Waals surface area (Å²) >= 11 is 1.49. The number of amides is 1. The second-order valence-electron chi connectivity index (χ2n) is 7.23. The van der Waals surface area contributed by atoms with Gasteiger partial charge < -0.3 is 9.64 Å². The van der Waals surface area contributed by atoms with E-state index in [2.05, 4.69) is 15.2 Å². The third-order valence-electron chi connectivity index (χ3n) is 5.14. The third kappa shape index (κ3) is 6.02. The molecule has 0 aromatic heterocycles. The van der Waals surface area contributed by atoms with Crippen LogP contribution in [0.1, 0.15) is 28.8 Å². The van der Waals surface area contributed by atoms with Gasteiger partial charge >= 0.3 is 0 Å². The molecule has 1 fully saturated rings. The van der Waals surface area contributed by atoms with E-state index < -0.39 is 11.7 Å². The Bertz CT molecular complexity index is 811. The Kier molecular flexibility index (Phi) is 8.06. The molecule has 2 aromatic rings. The van der Waals surface area contributed by atoms with Crippen LogP contribution in [-0.2, 0) is 4.74 Å². The van der Waals surface area contributed by atoms with Gasteiger partial charge in [0.15, 0.2) is 0 Å². The highest BCUT2D eigenvalue weighted by atomic mass is 32.2. The fraction of sp³-hybridized carbons (Fsp3) is 0.409. The van der Waals surface area contributed by atoms with Crippen LogP contribution in [0.15, 0.2) is 42.5 Å². The molecule has 0 saturated carbocycles. The highest BCUT2D eigenvalue weighted by Crippen LogP contribution is 2.25. The van der Waals surface area contributed by atoms with Gasteiger partial charge in [0.25, 0.3) is 5.91 Å². The van der Waals surface area contributed by atoms with Gasteiger partial charge in [-0.05, 0) is 61.7 Å². The lowest BCUT2D eigenvalue weighted by atomic mass is 9.99. The Morgan fingerprint density at radius 2 is 1.93 bits per heavy atom. The van der Waals surface area contributed by atoms with E-state index in [1.165, 1.54) is 11.9 Å². The number of likely N-dealkylation sites (tertiary alicyclic amines) is 1. The standard InChI is InChI=1S/C22H28FN3O2S/c1-16-14-18(17-6-4-3-5-7-17)15-20(21(16)23)22(27)24-25-29-19-8-10-26(11-9-19)12-13-28-2/h3-7,14-15,19,25H,8-13H2,1-2H3,(H,24,27). The Balaban J connectivity index is 1.54. The van der Waals surface area contributed by atoms with E-state index in [-0.39, 0.29) is 5.56 Å². The number of hydrazine groups is 1. The van der Waals surface area contributed by atoms with Crippen LogP contribution >= 0.6 is 11.9 Å². The van der Waals surface area contributed by atoms with E-state index in [1.54, 1.807) is 26.2 Å². The van der Waals surface area contributed by atoms with Crippen molar-refractivity contribution in [1.82, 2.24) is 15.2 Å². The van der Waals surface area contributed by atoms with Gasteiger partial charge in [0, 0.05) is 18.9 Å². The first-order valence-corrected chi connectivity index (χ1v) is 10.7. The minimum absolute atomic E-state index is 0.0475. The maximum absolute atomic E-state index is 14.6. The molecule has 1 heterocycles. The molecule has 0 spiro atoms. The van der Waals surface area contributed by atoms with Crippen molar-refractivity contribution in [3.05, 3.63) is 59.4 Å². The molecule has 29 heavy (non-hydrogen) atoms. The summed E-state index contributed by atoms with van der Waals surface area (Å²) in [5, 5.41) is 0.413. The summed E-state index contributed by atoms with van der Waals surface area (Å²) in [4.78, 5) is 17.9. The van der Waals surface area contributed by atoms with E-state index in [1.807, 2.05) is 30.3 Å². The zero-order valence-corrected chi connectivity index (χ0v) is 17.7. The predicted molar refractivity (Wildman–Crippen MR) is 116 cm³/mol. The van der Waals surface area contributed by atoms with Gasteiger partial charge in [0.05, 0.1) is 12.2 Å². The Morgan fingerprint density at radius 3 is 2.62 bits per heavy atom. The first kappa shape index (κ1) is 21.8. The SMILES string of the molecule is COCCN1CCC(SNNC(=O)c2cc(-c3ccccc3)cc(C)c2F)CC1. The molecular weight excluding hydrogens is 389 g/mol. The number of methoxy groups -OCH3 is 1. The maximum Gasteiger partial charge on any atom is 0.269 e. The molecule has 0 unspecified atom stereocenters.